The molecule has 0 atom stereocenters. The van der Waals surface area contributed by atoms with Crippen LogP contribution in [0.25, 0.3) is 11.3 Å². The minimum atomic E-state index is -0.428. The summed E-state index contributed by atoms with van der Waals surface area (Å²) in [5.41, 5.74) is 1.94. The van der Waals surface area contributed by atoms with Gasteiger partial charge in [0.1, 0.15) is 11.6 Å². The lowest BCUT2D eigenvalue weighted by molar-refractivity contribution is -0.134. The van der Waals surface area contributed by atoms with Gasteiger partial charge in [-0.25, -0.2) is 4.39 Å². The number of halogens is 2. The predicted molar refractivity (Wildman–Crippen MR) is 127 cm³/mol. The maximum atomic E-state index is 13.4. The maximum Gasteiger partial charge on any atom is 0.291 e. The second-order valence-corrected chi connectivity index (χ2v) is 8.67. The van der Waals surface area contributed by atoms with E-state index in [1.54, 1.807) is 36.4 Å². The van der Waals surface area contributed by atoms with Crippen LogP contribution in [-0.4, -0.2) is 42.9 Å². The smallest absolute Gasteiger partial charge is 0.291 e. The first kappa shape index (κ1) is 22.9. The van der Waals surface area contributed by atoms with Gasteiger partial charge in [-0.1, -0.05) is 37.6 Å². The molecule has 0 bridgehead atoms. The Balaban J connectivity index is 1.40. The Morgan fingerprint density at radius 3 is 2.45 bits per heavy atom. The number of hydrogen-bond acceptors (Lipinski definition) is 4. The highest BCUT2D eigenvalue weighted by molar-refractivity contribution is 6.33. The van der Waals surface area contributed by atoms with Gasteiger partial charge in [0.05, 0.1) is 10.7 Å². The summed E-state index contributed by atoms with van der Waals surface area (Å²) in [6.07, 6.45) is 0. The molecule has 1 aromatic heterocycles. The Morgan fingerprint density at radius 1 is 1.03 bits per heavy atom. The van der Waals surface area contributed by atoms with E-state index in [0.717, 1.165) is 5.69 Å². The van der Waals surface area contributed by atoms with Crippen LogP contribution in [0.4, 0.5) is 15.8 Å². The number of nitrogens with one attached hydrogen (secondary N) is 1. The number of rotatable bonds is 5. The van der Waals surface area contributed by atoms with Crippen LogP contribution in [-0.2, 0) is 4.79 Å². The normalized spacial score (nSPS) is 14.0. The summed E-state index contributed by atoms with van der Waals surface area (Å²) in [6.45, 7) is 6.50. The van der Waals surface area contributed by atoms with Crippen LogP contribution in [0.5, 0.6) is 0 Å². The summed E-state index contributed by atoms with van der Waals surface area (Å²) in [4.78, 5) is 28.8. The lowest BCUT2D eigenvalue weighted by atomic mass is 10.1. The van der Waals surface area contributed by atoms with Crippen molar-refractivity contribution in [2.45, 2.75) is 13.8 Å². The predicted octanol–water partition coefficient (Wildman–Crippen LogP) is 5.30. The Morgan fingerprint density at radius 2 is 1.79 bits per heavy atom. The van der Waals surface area contributed by atoms with Crippen molar-refractivity contribution in [1.29, 1.82) is 0 Å². The summed E-state index contributed by atoms with van der Waals surface area (Å²) in [7, 11) is 0. The van der Waals surface area contributed by atoms with Gasteiger partial charge in [0.15, 0.2) is 5.76 Å². The quantitative estimate of drug-likeness (QED) is 0.551. The van der Waals surface area contributed by atoms with Crippen LogP contribution < -0.4 is 10.2 Å². The van der Waals surface area contributed by atoms with E-state index < -0.39 is 5.91 Å². The molecule has 33 heavy (non-hydrogen) atoms. The van der Waals surface area contributed by atoms with Crippen molar-refractivity contribution >= 4 is 34.8 Å². The Bertz CT molecular complexity index is 1170. The highest BCUT2D eigenvalue weighted by Crippen LogP contribution is 2.30. The van der Waals surface area contributed by atoms with Gasteiger partial charge in [0.25, 0.3) is 5.91 Å². The van der Waals surface area contributed by atoms with Gasteiger partial charge < -0.3 is 19.5 Å². The van der Waals surface area contributed by atoms with E-state index in [4.69, 9.17) is 16.0 Å². The first-order valence-corrected chi connectivity index (χ1v) is 11.2. The van der Waals surface area contributed by atoms with E-state index in [2.05, 4.69) is 10.2 Å². The van der Waals surface area contributed by atoms with Crippen molar-refractivity contribution in [2.75, 3.05) is 36.4 Å². The maximum absolute atomic E-state index is 13.4. The molecule has 6 nitrogen and oxygen atoms in total. The van der Waals surface area contributed by atoms with Crippen molar-refractivity contribution in [3.63, 3.8) is 0 Å². The third-order valence-corrected chi connectivity index (χ3v) is 5.87. The largest absolute Gasteiger partial charge is 0.451 e. The fraction of sp³-hybridized carbons (Fsp3) is 0.280. The topological polar surface area (TPSA) is 65.8 Å². The van der Waals surface area contributed by atoms with Gasteiger partial charge in [-0.2, -0.15) is 0 Å². The van der Waals surface area contributed by atoms with Crippen molar-refractivity contribution < 1.29 is 18.4 Å². The van der Waals surface area contributed by atoms with Crippen LogP contribution in [0.2, 0.25) is 5.02 Å². The van der Waals surface area contributed by atoms with Crippen molar-refractivity contribution in [3.8, 4) is 11.3 Å². The van der Waals surface area contributed by atoms with Gasteiger partial charge in [-0.05, 0) is 42.5 Å². The molecule has 0 radical (unpaired) electrons. The van der Waals surface area contributed by atoms with Crippen LogP contribution in [0.3, 0.4) is 0 Å². The molecule has 2 aromatic carbocycles. The molecule has 2 heterocycles. The van der Waals surface area contributed by atoms with E-state index >= 15 is 0 Å². The van der Waals surface area contributed by atoms with E-state index in [1.807, 2.05) is 24.8 Å². The molecule has 2 amide bonds. The van der Waals surface area contributed by atoms with E-state index in [-0.39, 0.29) is 23.4 Å². The van der Waals surface area contributed by atoms with Gasteiger partial charge in [0.2, 0.25) is 5.91 Å². The first-order valence-electron chi connectivity index (χ1n) is 10.8. The van der Waals surface area contributed by atoms with Crippen molar-refractivity contribution in [1.82, 2.24) is 4.90 Å². The van der Waals surface area contributed by atoms with Crippen LogP contribution in [0, 0.1) is 11.7 Å². The number of furan rings is 1. The Labute approximate surface area is 196 Å². The highest BCUT2D eigenvalue weighted by atomic mass is 35.5. The third kappa shape index (κ3) is 5.20. The number of amides is 2. The van der Waals surface area contributed by atoms with Crippen LogP contribution in [0.15, 0.2) is 59.0 Å². The van der Waals surface area contributed by atoms with Crippen LogP contribution >= 0.6 is 11.6 Å². The van der Waals surface area contributed by atoms with Gasteiger partial charge in [0, 0.05) is 43.3 Å². The van der Waals surface area contributed by atoms with Crippen LogP contribution in [0.1, 0.15) is 24.4 Å². The molecule has 3 aromatic rings. The molecule has 8 heteroatoms. The van der Waals surface area contributed by atoms with E-state index in [0.29, 0.717) is 48.2 Å². The zero-order chi connectivity index (χ0) is 23.5. The summed E-state index contributed by atoms with van der Waals surface area (Å²) < 4.78 is 19.0. The second-order valence-electron chi connectivity index (χ2n) is 8.26. The molecule has 0 unspecified atom stereocenters. The number of carbonyl (C=O) groups is 2. The molecular formula is C25H25ClFN3O3. The molecular weight excluding hydrogens is 445 g/mol. The molecule has 1 fully saturated rings. The molecule has 1 aliphatic heterocycles. The highest BCUT2D eigenvalue weighted by Gasteiger charge is 2.24. The number of piperazine rings is 1. The fourth-order valence-electron chi connectivity index (χ4n) is 3.82. The minimum absolute atomic E-state index is 0.0119. The second kappa shape index (κ2) is 9.67. The average Bonchev–Trinajstić information content (AvgIpc) is 3.29. The van der Waals surface area contributed by atoms with Crippen molar-refractivity contribution in [2.24, 2.45) is 5.92 Å². The molecule has 0 spiro atoms. The average molecular weight is 470 g/mol. The zero-order valence-corrected chi connectivity index (χ0v) is 19.2. The summed E-state index contributed by atoms with van der Waals surface area (Å²) in [5.74, 6) is -0.136. The standard InChI is InChI=1S/C25H25ClFN3O3/c1-16(2)25(32)30-12-10-29(11-13-30)21-7-6-19(15-20(21)26)28-24(31)23-9-8-22(33-23)17-4-3-5-18(27)14-17/h3-9,14-16H,10-13H2,1-2H3,(H,28,31). The Hall–Kier alpha value is -3.32. The van der Waals surface area contributed by atoms with Crippen molar-refractivity contribution in [3.05, 3.63) is 71.2 Å². The number of nitrogens with zero attached hydrogens (tertiary/aromatic N) is 2. The zero-order valence-electron chi connectivity index (χ0n) is 18.5. The molecule has 172 valence electrons. The Kier molecular flexibility index (Phi) is 6.70. The van der Waals surface area contributed by atoms with Gasteiger partial charge in [-0.3, -0.25) is 9.59 Å². The van der Waals surface area contributed by atoms with E-state index in [9.17, 15) is 14.0 Å². The monoisotopic (exact) mass is 469 g/mol. The van der Waals surface area contributed by atoms with Gasteiger partial charge in [-0.15, -0.1) is 0 Å². The summed E-state index contributed by atoms with van der Waals surface area (Å²) >= 11 is 6.51. The molecule has 1 aliphatic rings. The molecule has 0 aliphatic carbocycles. The summed E-state index contributed by atoms with van der Waals surface area (Å²) in [5, 5.41) is 3.29. The molecule has 0 saturated carbocycles. The minimum Gasteiger partial charge on any atom is -0.451 e. The SMILES string of the molecule is CC(C)C(=O)N1CCN(c2ccc(NC(=O)c3ccc(-c4cccc(F)c4)o3)cc2Cl)CC1. The van der Waals surface area contributed by atoms with Gasteiger partial charge >= 0.3 is 0 Å². The first-order chi connectivity index (χ1) is 15.8. The lowest BCUT2D eigenvalue weighted by Crippen LogP contribution is -2.50. The lowest BCUT2D eigenvalue weighted by Gasteiger charge is -2.37. The number of anilines is 2. The fourth-order valence-corrected chi connectivity index (χ4v) is 4.12. The molecule has 4 rings (SSSR count). The number of hydrogen-bond donors (Lipinski definition) is 1. The van der Waals surface area contributed by atoms with E-state index in [1.165, 1.54) is 12.1 Å². The molecule has 1 saturated heterocycles. The molecule has 1 N–H and O–H groups in total. The number of carbonyl (C=O) groups excluding carboxylic acids is 2. The number of benzene rings is 2. The third-order valence-electron chi connectivity index (χ3n) is 5.57. The summed E-state index contributed by atoms with van der Waals surface area (Å²) in [6, 6.07) is 14.5.